The highest BCUT2D eigenvalue weighted by Crippen LogP contribution is 2.26. The minimum atomic E-state index is -4.12. The fraction of sp³-hybridized carbons (Fsp3) is 0.486. The van der Waals surface area contributed by atoms with Crippen molar-refractivity contribution >= 4 is 56.6 Å². The second kappa shape index (κ2) is 17.6. The third-order valence-electron chi connectivity index (χ3n) is 8.37. The van der Waals surface area contributed by atoms with Crippen LogP contribution in [0.5, 0.6) is 0 Å². The standard InChI is InChI=1S/C35H47ClN6O7S2/c1-22(2)17-41(51(47,48)27-11-12-28(36)29(37)16-27)19-31(44)30(15-25-9-7-6-8-10-25)39-34(45)33(23(3)4)42-14-13-40(35(42)46)18-26-21-50-32(38-26)20-49-24(5)43/h6-12,16,21-23,30-31,33,44H,13-15,17-20,37H2,1-5H3,(H,39,45)/t30-,31-,33?/m0/s1. The number of aromatic nitrogens is 1. The van der Waals surface area contributed by atoms with Crippen LogP contribution in [-0.4, -0.2) is 94.9 Å². The third-order valence-corrected chi connectivity index (χ3v) is 11.4. The van der Waals surface area contributed by atoms with Crippen molar-refractivity contribution < 1.29 is 32.6 Å². The first-order valence-corrected chi connectivity index (χ1v) is 19.5. The lowest BCUT2D eigenvalue weighted by molar-refractivity contribution is -0.142. The Morgan fingerprint density at radius 2 is 1.82 bits per heavy atom. The number of carbonyl (C=O) groups excluding carboxylic acids is 3. The Morgan fingerprint density at radius 3 is 2.45 bits per heavy atom. The molecule has 16 heteroatoms. The molecule has 2 aromatic carbocycles. The van der Waals surface area contributed by atoms with Gasteiger partial charge in [0, 0.05) is 38.5 Å². The van der Waals surface area contributed by atoms with Crippen LogP contribution in [0.1, 0.15) is 50.9 Å². The summed E-state index contributed by atoms with van der Waals surface area (Å²) in [5.41, 5.74) is 7.52. The number of nitrogen functional groups attached to an aromatic ring is 1. The summed E-state index contributed by atoms with van der Waals surface area (Å²) in [7, 11) is -4.12. The number of hydrogen-bond acceptors (Lipinski definition) is 10. The number of nitrogens with two attached hydrogens (primary N) is 1. The van der Waals surface area contributed by atoms with E-state index in [0.29, 0.717) is 23.8 Å². The van der Waals surface area contributed by atoms with Crippen molar-refractivity contribution in [3.8, 4) is 0 Å². The van der Waals surface area contributed by atoms with Crippen LogP contribution >= 0.6 is 22.9 Å². The molecular weight excluding hydrogens is 716 g/mol. The van der Waals surface area contributed by atoms with Crippen LogP contribution in [0, 0.1) is 11.8 Å². The molecule has 3 amide bonds. The fourth-order valence-corrected chi connectivity index (χ4v) is 8.39. The van der Waals surface area contributed by atoms with Crippen molar-refractivity contribution in [1.29, 1.82) is 0 Å². The van der Waals surface area contributed by atoms with E-state index in [9.17, 15) is 27.9 Å². The molecule has 0 aliphatic carbocycles. The second-order valence-electron chi connectivity index (χ2n) is 13.4. The van der Waals surface area contributed by atoms with Crippen LogP contribution in [0.15, 0.2) is 58.8 Å². The number of nitrogens with one attached hydrogen (secondary N) is 1. The zero-order chi connectivity index (χ0) is 37.5. The molecule has 1 unspecified atom stereocenters. The summed E-state index contributed by atoms with van der Waals surface area (Å²) < 4.78 is 33.9. The van der Waals surface area contributed by atoms with Gasteiger partial charge in [0.2, 0.25) is 15.9 Å². The number of sulfonamides is 1. The maximum atomic E-state index is 14.1. The lowest BCUT2D eigenvalue weighted by Crippen LogP contribution is -2.57. The number of carbonyl (C=O) groups is 3. The van der Waals surface area contributed by atoms with Crippen LogP contribution in [0.2, 0.25) is 5.02 Å². The molecule has 2 heterocycles. The van der Waals surface area contributed by atoms with E-state index in [-0.39, 0.29) is 66.1 Å². The van der Waals surface area contributed by atoms with Gasteiger partial charge >= 0.3 is 12.0 Å². The van der Waals surface area contributed by atoms with Crippen LogP contribution < -0.4 is 11.1 Å². The van der Waals surface area contributed by atoms with E-state index in [1.54, 1.807) is 4.90 Å². The number of rotatable bonds is 17. The molecule has 0 radical (unpaired) electrons. The SMILES string of the molecule is CC(=O)OCc1nc(CN2CCN(C(C(=O)N[C@@H](Cc3ccccc3)[C@@H](O)CN(CC(C)C)S(=O)(=O)c3ccc(Cl)c(N)c3)C(C)C)C2=O)cs1. The first-order valence-electron chi connectivity index (χ1n) is 16.8. The van der Waals surface area contributed by atoms with Gasteiger partial charge in [0.1, 0.15) is 17.7 Å². The van der Waals surface area contributed by atoms with E-state index in [0.717, 1.165) is 5.56 Å². The topological polar surface area (TPSA) is 175 Å². The number of halogens is 1. The van der Waals surface area contributed by atoms with Gasteiger partial charge in [0.05, 0.1) is 40.0 Å². The summed E-state index contributed by atoms with van der Waals surface area (Å²) in [4.78, 5) is 46.5. The zero-order valence-corrected chi connectivity index (χ0v) is 31.9. The number of hydrogen-bond donors (Lipinski definition) is 3. The van der Waals surface area contributed by atoms with E-state index in [4.69, 9.17) is 22.1 Å². The van der Waals surface area contributed by atoms with E-state index in [1.807, 2.05) is 63.4 Å². The summed E-state index contributed by atoms with van der Waals surface area (Å²) in [6.45, 7) is 9.51. The van der Waals surface area contributed by atoms with Gasteiger partial charge in [-0.05, 0) is 42.0 Å². The number of aliphatic hydroxyl groups is 1. The van der Waals surface area contributed by atoms with E-state index < -0.39 is 40.1 Å². The van der Waals surface area contributed by atoms with Crippen molar-refractivity contribution in [2.75, 3.05) is 31.9 Å². The monoisotopic (exact) mass is 762 g/mol. The van der Waals surface area contributed by atoms with Crippen LogP contribution in [-0.2, 0) is 43.9 Å². The van der Waals surface area contributed by atoms with Crippen molar-refractivity contribution in [1.82, 2.24) is 24.4 Å². The number of benzene rings is 2. The molecule has 0 spiro atoms. The Kier molecular flexibility index (Phi) is 13.8. The molecular formula is C35H47ClN6O7S2. The maximum Gasteiger partial charge on any atom is 0.321 e. The summed E-state index contributed by atoms with van der Waals surface area (Å²) in [5.74, 6) is -1.24. The summed E-state index contributed by atoms with van der Waals surface area (Å²) >= 11 is 7.39. The Balaban J connectivity index is 1.54. The average Bonchev–Trinajstić information content (AvgIpc) is 3.66. The smallest absolute Gasteiger partial charge is 0.321 e. The summed E-state index contributed by atoms with van der Waals surface area (Å²) in [5, 5.41) is 17.4. The molecule has 3 aromatic rings. The molecule has 13 nitrogen and oxygen atoms in total. The number of ether oxygens (including phenoxy) is 1. The predicted octanol–water partition coefficient (Wildman–Crippen LogP) is 4.14. The molecule has 1 saturated heterocycles. The number of anilines is 1. The Labute approximate surface area is 308 Å². The molecule has 278 valence electrons. The highest BCUT2D eigenvalue weighted by Gasteiger charge is 2.40. The van der Waals surface area contributed by atoms with Gasteiger partial charge in [-0.1, -0.05) is 69.6 Å². The van der Waals surface area contributed by atoms with E-state index in [1.165, 1.54) is 45.7 Å². The second-order valence-corrected chi connectivity index (χ2v) is 16.7. The number of amides is 3. The first kappa shape index (κ1) is 40.0. The third kappa shape index (κ3) is 10.6. The Bertz CT molecular complexity index is 1770. The van der Waals surface area contributed by atoms with Gasteiger partial charge in [0.25, 0.3) is 0 Å². The average molecular weight is 763 g/mol. The number of aliphatic hydroxyl groups excluding tert-OH is 1. The lowest BCUT2D eigenvalue weighted by atomic mass is 9.97. The molecule has 4 rings (SSSR count). The maximum absolute atomic E-state index is 14.1. The molecule has 1 aliphatic heterocycles. The van der Waals surface area contributed by atoms with Gasteiger partial charge in [-0.25, -0.2) is 18.2 Å². The van der Waals surface area contributed by atoms with Crippen molar-refractivity contribution in [2.45, 2.75) is 77.3 Å². The Morgan fingerprint density at radius 1 is 1.12 bits per heavy atom. The number of esters is 1. The molecule has 1 fully saturated rings. The zero-order valence-electron chi connectivity index (χ0n) is 29.5. The minimum Gasteiger partial charge on any atom is -0.458 e. The van der Waals surface area contributed by atoms with Gasteiger partial charge in [0.15, 0.2) is 0 Å². The van der Waals surface area contributed by atoms with Crippen LogP contribution in [0.4, 0.5) is 10.5 Å². The lowest BCUT2D eigenvalue weighted by Gasteiger charge is -2.34. The summed E-state index contributed by atoms with van der Waals surface area (Å²) in [6, 6.07) is 11.3. The van der Waals surface area contributed by atoms with Crippen LogP contribution in [0.25, 0.3) is 0 Å². The van der Waals surface area contributed by atoms with E-state index >= 15 is 0 Å². The van der Waals surface area contributed by atoms with Crippen molar-refractivity contribution in [2.24, 2.45) is 11.8 Å². The molecule has 51 heavy (non-hydrogen) atoms. The number of urea groups is 1. The van der Waals surface area contributed by atoms with Gasteiger partial charge in [-0.2, -0.15) is 4.31 Å². The number of nitrogens with zero attached hydrogens (tertiary/aromatic N) is 4. The minimum absolute atomic E-state index is 0.0581. The molecule has 3 atom stereocenters. The van der Waals surface area contributed by atoms with Crippen molar-refractivity contribution in [3.05, 3.63) is 75.2 Å². The Hall–Kier alpha value is -3.76. The molecule has 0 saturated carbocycles. The highest BCUT2D eigenvalue weighted by atomic mass is 35.5. The molecule has 1 aromatic heterocycles. The van der Waals surface area contributed by atoms with E-state index in [2.05, 4.69) is 10.3 Å². The predicted molar refractivity (Wildman–Crippen MR) is 196 cm³/mol. The molecule has 1 aliphatic rings. The largest absolute Gasteiger partial charge is 0.458 e. The molecule has 4 N–H and O–H groups in total. The highest BCUT2D eigenvalue weighted by molar-refractivity contribution is 7.89. The van der Waals surface area contributed by atoms with Gasteiger partial charge in [-0.15, -0.1) is 11.3 Å². The van der Waals surface area contributed by atoms with Crippen LogP contribution in [0.3, 0.4) is 0 Å². The number of thiazole rings is 1. The quantitative estimate of drug-likeness (QED) is 0.135. The fourth-order valence-electron chi connectivity index (χ4n) is 5.92. The normalized spacial score (nSPS) is 15.5. The van der Waals surface area contributed by atoms with Crippen molar-refractivity contribution in [3.63, 3.8) is 0 Å². The van der Waals surface area contributed by atoms with Gasteiger partial charge in [-0.3, -0.25) is 9.59 Å². The first-order chi connectivity index (χ1) is 24.1. The van der Waals surface area contributed by atoms with Gasteiger partial charge < -0.3 is 30.7 Å². The molecule has 0 bridgehead atoms. The summed E-state index contributed by atoms with van der Waals surface area (Å²) in [6.07, 6.45) is -1.11.